The third-order valence-electron chi connectivity index (χ3n) is 3.64. The Morgan fingerprint density at radius 1 is 1.19 bits per heavy atom. The second-order valence-corrected chi connectivity index (χ2v) is 5.73. The fourth-order valence-electron chi connectivity index (χ4n) is 2.36. The molecule has 0 aliphatic heterocycles. The average molecular weight is 367 g/mol. The summed E-state index contributed by atoms with van der Waals surface area (Å²) in [5.41, 5.74) is -1.20. The van der Waals surface area contributed by atoms with Crippen LogP contribution in [0.5, 0.6) is 0 Å². The lowest BCUT2D eigenvalue weighted by Crippen LogP contribution is -2.19. The van der Waals surface area contributed by atoms with E-state index in [0.717, 1.165) is 12.1 Å². The minimum Gasteiger partial charge on any atom is -0.378 e. The molecule has 0 saturated carbocycles. The topological polar surface area (TPSA) is 75.5 Å². The Labute approximate surface area is 147 Å². The smallest absolute Gasteiger partial charge is 0.378 e. The molecule has 0 heterocycles. The predicted octanol–water partition coefficient (Wildman–Crippen LogP) is 3.86. The highest BCUT2D eigenvalue weighted by Gasteiger charge is 2.34. The molecule has 0 saturated heterocycles. The third kappa shape index (κ3) is 4.50. The predicted molar refractivity (Wildman–Crippen MR) is 91.2 cm³/mol. The van der Waals surface area contributed by atoms with Gasteiger partial charge in [0.1, 0.15) is 0 Å². The number of rotatable bonds is 5. The number of nitrogens with one attached hydrogen (secondary N) is 1. The van der Waals surface area contributed by atoms with Crippen molar-refractivity contribution < 1.29 is 22.9 Å². The van der Waals surface area contributed by atoms with Gasteiger partial charge in [0, 0.05) is 31.4 Å². The SMILES string of the molecule is CN(C)c1ccc(NC(=O)Cc2ccccc2[N+](=O)[O-])c(C(F)(F)F)c1. The fourth-order valence-corrected chi connectivity index (χ4v) is 2.36. The molecule has 0 aliphatic carbocycles. The molecular weight excluding hydrogens is 351 g/mol. The number of hydrogen-bond acceptors (Lipinski definition) is 4. The van der Waals surface area contributed by atoms with Crippen molar-refractivity contribution in [2.75, 3.05) is 24.3 Å². The van der Waals surface area contributed by atoms with Gasteiger partial charge in [0.15, 0.2) is 0 Å². The van der Waals surface area contributed by atoms with Crippen LogP contribution in [0.2, 0.25) is 0 Å². The molecule has 2 aromatic carbocycles. The van der Waals surface area contributed by atoms with Gasteiger partial charge in [0.2, 0.25) is 5.91 Å². The quantitative estimate of drug-likeness (QED) is 0.643. The molecule has 0 aliphatic rings. The van der Waals surface area contributed by atoms with Crippen molar-refractivity contribution in [3.8, 4) is 0 Å². The highest BCUT2D eigenvalue weighted by molar-refractivity contribution is 5.94. The van der Waals surface area contributed by atoms with Crippen molar-refractivity contribution in [1.82, 2.24) is 0 Å². The summed E-state index contributed by atoms with van der Waals surface area (Å²) in [6.45, 7) is 0. The lowest BCUT2D eigenvalue weighted by molar-refractivity contribution is -0.385. The molecule has 0 aromatic heterocycles. The summed E-state index contributed by atoms with van der Waals surface area (Å²) in [7, 11) is 3.20. The highest BCUT2D eigenvalue weighted by atomic mass is 19.4. The van der Waals surface area contributed by atoms with Gasteiger partial charge in [-0.3, -0.25) is 14.9 Å². The van der Waals surface area contributed by atoms with Gasteiger partial charge < -0.3 is 10.2 Å². The van der Waals surface area contributed by atoms with Crippen LogP contribution < -0.4 is 10.2 Å². The Kier molecular flexibility index (Phi) is 5.49. The van der Waals surface area contributed by atoms with Crippen molar-refractivity contribution in [3.05, 3.63) is 63.7 Å². The van der Waals surface area contributed by atoms with Crippen molar-refractivity contribution in [3.63, 3.8) is 0 Å². The molecule has 0 bridgehead atoms. The molecular formula is C17H16F3N3O3. The number of halogens is 3. The Hall–Kier alpha value is -3.10. The first-order valence-corrected chi connectivity index (χ1v) is 7.50. The van der Waals surface area contributed by atoms with Crippen molar-refractivity contribution in [2.45, 2.75) is 12.6 Å². The summed E-state index contributed by atoms with van der Waals surface area (Å²) < 4.78 is 39.8. The number of anilines is 2. The van der Waals surface area contributed by atoms with E-state index >= 15 is 0 Å². The first-order valence-electron chi connectivity index (χ1n) is 7.50. The van der Waals surface area contributed by atoms with E-state index in [2.05, 4.69) is 5.32 Å². The fraction of sp³-hybridized carbons (Fsp3) is 0.235. The van der Waals surface area contributed by atoms with E-state index in [1.165, 1.54) is 35.2 Å². The minimum atomic E-state index is -4.66. The zero-order valence-electron chi connectivity index (χ0n) is 14.0. The Balaban J connectivity index is 2.28. The minimum absolute atomic E-state index is 0.119. The number of hydrogen-bond donors (Lipinski definition) is 1. The number of carbonyl (C=O) groups excluding carboxylic acids is 1. The monoisotopic (exact) mass is 367 g/mol. The van der Waals surface area contributed by atoms with Crippen molar-refractivity contribution in [2.24, 2.45) is 0 Å². The van der Waals surface area contributed by atoms with E-state index in [4.69, 9.17) is 0 Å². The maximum atomic E-state index is 13.3. The number of nitro benzene ring substituents is 1. The summed E-state index contributed by atoms with van der Waals surface area (Å²) in [5, 5.41) is 13.2. The second kappa shape index (κ2) is 7.42. The van der Waals surface area contributed by atoms with Crippen LogP contribution in [-0.4, -0.2) is 24.9 Å². The summed E-state index contributed by atoms with van der Waals surface area (Å²) >= 11 is 0. The molecule has 2 rings (SSSR count). The Morgan fingerprint density at radius 2 is 1.85 bits per heavy atom. The van der Waals surface area contributed by atoms with E-state index in [9.17, 15) is 28.1 Å². The van der Waals surface area contributed by atoms with Gasteiger partial charge in [-0.15, -0.1) is 0 Å². The third-order valence-corrected chi connectivity index (χ3v) is 3.64. The maximum absolute atomic E-state index is 13.3. The number of nitro groups is 1. The van der Waals surface area contributed by atoms with Crippen LogP contribution in [-0.2, 0) is 17.4 Å². The second-order valence-electron chi connectivity index (χ2n) is 5.73. The van der Waals surface area contributed by atoms with Gasteiger partial charge in [-0.05, 0) is 18.2 Å². The van der Waals surface area contributed by atoms with Gasteiger partial charge in [-0.25, -0.2) is 0 Å². The van der Waals surface area contributed by atoms with E-state index in [1.54, 1.807) is 14.1 Å². The molecule has 0 fully saturated rings. The summed E-state index contributed by atoms with van der Waals surface area (Å²) in [6, 6.07) is 9.11. The number of amides is 1. The van der Waals surface area contributed by atoms with E-state index in [-0.39, 0.29) is 11.3 Å². The molecule has 0 unspecified atom stereocenters. The van der Waals surface area contributed by atoms with Crippen LogP contribution in [0.15, 0.2) is 42.5 Å². The molecule has 0 atom stereocenters. The van der Waals surface area contributed by atoms with Crippen LogP contribution in [0.3, 0.4) is 0 Å². The number of para-hydroxylation sites is 1. The maximum Gasteiger partial charge on any atom is 0.418 e. The van der Waals surface area contributed by atoms with Gasteiger partial charge >= 0.3 is 6.18 Å². The lowest BCUT2D eigenvalue weighted by atomic mass is 10.1. The van der Waals surface area contributed by atoms with E-state index in [0.29, 0.717) is 5.69 Å². The number of carbonyl (C=O) groups is 1. The molecule has 1 amide bonds. The van der Waals surface area contributed by atoms with Gasteiger partial charge in [-0.2, -0.15) is 13.2 Å². The zero-order valence-corrected chi connectivity index (χ0v) is 14.0. The molecule has 1 N–H and O–H groups in total. The molecule has 0 spiro atoms. The molecule has 26 heavy (non-hydrogen) atoms. The first-order chi connectivity index (χ1) is 12.1. The van der Waals surface area contributed by atoms with Crippen LogP contribution >= 0.6 is 0 Å². The average Bonchev–Trinajstić information content (AvgIpc) is 2.54. The van der Waals surface area contributed by atoms with E-state index in [1.807, 2.05) is 0 Å². The molecule has 0 radical (unpaired) electrons. The van der Waals surface area contributed by atoms with Gasteiger partial charge in [0.05, 0.1) is 22.6 Å². The van der Waals surface area contributed by atoms with Crippen LogP contribution in [0.4, 0.5) is 30.2 Å². The molecule has 6 nitrogen and oxygen atoms in total. The Bertz CT molecular complexity index is 835. The van der Waals surface area contributed by atoms with E-state index < -0.39 is 34.7 Å². The largest absolute Gasteiger partial charge is 0.418 e. The summed E-state index contributed by atoms with van der Waals surface area (Å²) in [4.78, 5) is 24.0. The van der Waals surface area contributed by atoms with Crippen LogP contribution in [0.1, 0.15) is 11.1 Å². The van der Waals surface area contributed by atoms with Crippen molar-refractivity contribution >= 4 is 23.0 Å². The molecule has 138 valence electrons. The normalized spacial score (nSPS) is 11.1. The number of alkyl halides is 3. The van der Waals surface area contributed by atoms with Crippen LogP contribution in [0, 0.1) is 10.1 Å². The lowest BCUT2D eigenvalue weighted by Gasteiger charge is -2.18. The summed E-state index contributed by atoms with van der Waals surface area (Å²) in [5.74, 6) is -0.776. The Morgan fingerprint density at radius 3 is 2.42 bits per heavy atom. The highest BCUT2D eigenvalue weighted by Crippen LogP contribution is 2.37. The standard InChI is InChI=1S/C17H16F3N3O3/c1-22(2)12-7-8-14(13(10-12)17(18,19)20)21-16(24)9-11-5-3-4-6-15(11)23(25)26/h3-8,10H,9H2,1-2H3,(H,21,24). The molecule has 2 aromatic rings. The number of benzene rings is 2. The first kappa shape index (κ1) is 19.2. The summed E-state index contributed by atoms with van der Waals surface area (Å²) in [6.07, 6.45) is -5.07. The zero-order chi connectivity index (χ0) is 19.5. The van der Waals surface area contributed by atoms with Gasteiger partial charge in [0.25, 0.3) is 5.69 Å². The van der Waals surface area contributed by atoms with Gasteiger partial charge in [-0.1, -0.05) is 18.2 Å². The molecule has 9 heteroatoms. The van der Waals surface area contributed by atoms with Crippen molar-refractivity contribution in [1.29, 1.82) is 0 Å². The number of nitrogens with zero attached hydrogens (tertiary/aromatic N) is 2. The van der Waals surface area contributed by atoms with Crippen LogP contribution in [0.25, 0.3) is 0 Å².